The molecule has 7 heteroatoms. The maximum absolute atomic E-state index is 11.4. The van der Waals surface area contributed by atoms with Crippen LogP contribution in [-0.4, -0.2) is 18.0 Å². The molecule has 0 aliphatic carbocycles. The minimum absolute atomic E-state index is 0.155. The number of aromatic amines is 1. The summed E-state index contributed by atoms with van der Waals surface area (Å²) in [5.74, 6) is 0. The zero-order valence-electron chi connectivity index (χ0n) is 8.88. The highest BCUT2D eigenvalue weighted by molar-refractivity contribution is 7.86. The van der Waals surface area contributed by atoms with Crippen LogP contribution in [-0.2, 0) is 10.1 Å². The van der Waals surface area contributed by atoms with Gasteiger partial charge in [-0.15, -0.1) is 0 Å². The largest absolute Gasteiger partial charge is 0.429 e. The van der Waals surface area contributed by atoms with Gasteiger partial charge in [-0.1, -0.05) is 24.3 Å². The molecule has 0 radical (unpaired) electrons. The van der Waals surface area contributed by atoms with E-state index < -0.39 is 10.1 Å². The average Bonchev–Trinajstić information content (AvgIpc) is 2.67. The summed E-state index contributed by atoms with van der Waals surface area (Å²) in [6, 6.07) is 8.06. The molecule has 0 unspecified atom stereocenters. The van der Waals surface area contributed by atoms with E-state index in [2.05, 4.69) is 4.98 Å². The minimum atomic E-state index is -4.32. The summed E-state index contributed by atoms with van der Waals surface area (Å²) in [7, 11) is -4.32. The zero-order valence-corrected chi connectivity index (χ0v) is 10.5. The van der Waals surface area contributed by atoms with Gasteiger partial charge in [-0.3, -0.25) is 4.55 Å². The SMILES string of the molecule is O=S(=O)(O)c1cc2oc(=S)[nH]c2c2ccccc12. The molecule has 0 fully saturated rings. The van der Waals surface area contributed by atoms with Crippen molar-refractivity contribution in [2.75, 3.05) is 0 Å². The van der Waals surface area contributed by atoms with E-state index in [1.165, 1.54) is 6.07 Å². The Morgan fingerprint density at radius 2 is 1.89 bits per heavy atom. The Labute approximate surface area is 107 Å². The lowest BCUT2D eigenvalue weighted by Crippen LogP contribution is -1.99. The highest BCUT2D eigenvalue weighted by Crippen LogP contribution is 2.30. The number of hydrogen-bond donors (Lipinski definition) is 2. The Morgan fingerprint density at radius 3 is 2.56 bits per heavy atom. The molecule has 92 valence electrons. The molecule has 0 amide bonds. The number of rotatable bonds is 1. The number of fused-ring (bicyclic) bond motifs is 3. The molecule has 0 aliphatic heterocycles. The zero-order chi connectivity index (χ0) is 12.9. The quantitative estimate of drug-likeness (QED) is 0.529. The summed E-state index contributed by atoms with van der Waals surface area (Å²) in [4.78, 5) is 2.82. The van der Waals surface area contributed by atoms with Crippen molar-refractivity contribution in [2.24, 2.45) is 0 Å². The van der Waals surface area contributed by atoms with E-state index in [1.54, 1.807) is 24.3 Å². The van der Waals surface area contributed by atoms with Gasteiger partial charge < -0.3 is 9.40 Å². The molecule has 5 nitrogen and oxygen atoms in total. The van der Waals surface area contributed by atoms with Crippen molar-refractivity contribution in [3.8, 4) is 0 Å². The van der Waals surface area contributed by atoms with Crippen molar-refractivity contribution in [2.45, 2.75) is 4.90 Å². The normalized spacial score (nSPS) is 12.3. The van der Waals surface area contributed by atoms with E-state index in [-0.39, 0.29) is 9.73 Å². The van der Waals surface area contributed by atoms with E-state index in [4.69, 9.17) is 16.6 Å². The lowest BCUT2D eigenvalue weighted by molar-refractivity contribution is 0.484. The van der Waals surface area contributed by atoms with Gasteiger partial charge >= 0.3 is 0 Å². The maximum atomic E-state index is 11.4. The third-order valence-electron chi connectivity index (χ3n) is 2.68. The van der Waals surface area contributed by atoms with Gasteiger partial charge in [-0.2, -0.15) is 8.42 Å². The third kappa shape index (κ3) is 1.64. The molecule has 3 rings (SSSR count). The predicted octanol–water partition coefficient (Wildman–Crippen LogP) is 2.89. The fourth-order valence-electron chi connectivity index (χ4n) is 1.97. The second-order valence-corrected chi connectivity index (χ2v) is 5.54. The van der Waals surface area contributed by atoms with E-state index >= 15 is 0 Å². The van der Waals surface area contributed by atoms with Crippen LogP contribution in [0.15, 0.2) is 39.6 Å². The fraction of sp³-hybridized carbons (Fsp3) is 0. The third-order valence-corrected chi connectivity index (χ3v) is 3.76. The van der Waals surface area contributed by atoms with E-state index in [1.807, 2.05) is 0 Å². The summed E-state index contributed by atoms with van der Waals surface area (Å²) in [5.41, 5.74) is 0.911. The number of benzene rings is 2. The first-order chi connectivity index (χ1) is 8.47. The first kappa shape index (κ1) is 11.4. The molecule has 1 heterocycles. The average molecular weight is 281 g/mol. The number of hydrogen-bond acceptors (Lipinski definition) is 4. The topological polar surface area (TPSA) is 83.3 Å². The van der Waals surface area contributed by atoms with Crippen molar-refractivity contribution < 1.29 is 17.4 Å². The van der Waals surface area contributed by atoms with Gasteiger partial charge in [0.1, 0.15) is 4.90 Å². The maximum Gasteiger partial charge on any atom is 0.295 e. The predicted molar refractivity (Wildman–Crippen MR) is 68.7 cm³/mol. The van der Waals surface area contributed by atoms with Crippen LogP contribution in [0.25, 0.3) is 21.9 Å². The van der Waals surface area contributed by atoms with Crippen molar-refractivity contribution in [1.82, 2.24) is 4.98 Å². The monoisotopic (exact) mass is 281 g/mol. The van der Waals surface area contributed by atoms with Crippen LogP contribution in [0.4, 0.5) is 0 Å². The molecule has 3 aromatic rings. The van der Waals surface area contributed by atoms with Crippen molar-refractivity contribution >= 4 is 44.2 Å². The van der Waals surface area contributed by atoms with Gasteiger partial charge in [-0.25, -0.2) is 0 Å². The van der Waals surface area contributed by atoms with Crippen molar-refractivity contribution in [1.29, 1.82) is 0 Å². The second kappa shape index (κ2) is 3.64. The molecule has 2 N–H and O–H groups in total. The van der Waals surface area contributed by atoms with Crippen molar-refractivity contribution in [3.63, 3.8) is 0 Å². The highest BCUT2D eigenvalue weighted by Gasteiger charge is 2.17. The lowest BCUT2D eigenvalue weighted by atomic mass is 10.1. The van der Waals surface area contributed by atoms with E-state index in [9.17, 15) is 13.0 Å². The highest BCUT2D eigenvalue weighted by atomic mass is 32.2. The fourth-order valence-corrected chi connectivity index (χ4v) is 2.87. The Balaban J connectivity index is 2.67. The molecule has 0 saturated heterocycles. The first-order valence-corrected chi connectivity index (χ1v) is 6.84. The van der Waals surface area contributed by atoms with Gasteiger partial charge in [0, 0.05) is 16.8 Å². The molecule has 2 aromatic carbocycles. The van der Waals surface area contributed by atoms with Crippen LogP contribution >= 0.6 is 12.2 Å². The van der Waals surface area contributed by atoms with Gasteiger partial charge in [-0.05, 0) is 12.2 Å². The van der Waals surface area contributed by atoms with Gasteiger partial charge in [0.15, 0.2) is 5.58 Å². The summed E-state index contributed by atoms with van der Waals surface area (Å²) >= 11 is 4.88. The summed E-state index contributed by atoms with van der Waals surface area (Å²) in [6.45, 7) is 0. The second-order valence-electron chi connectivity index (χ2n) is 3.78. The van der Waals surface area contributed by atoms with Gasteiger partial charge in [0.05, 0.1) is 5.52 Å². The van der Waals surface area contributed by atoms with E-state index in [0.717, 1.165) is 0 Å². The molecule has 0 spiro atoms. The molecule has 0 aliphatic rings. The Kier molecular flexibility index (Phi) is 2.31. The van der Waals surface area contributed by atoms with Crippen LogP contribution in [0.5, 0.6) is 0 Å². The lowest BCUT2D eigenvalue weighted by Gasteiger charge is -2.03. The molecule has 1 aromatic heterocycles. The number of oxazole rings is 1. The van der Waals surface area contributed by atoms with E-state index in [0.29, 0.717) is 21.9 Å². The molecule has 18 heavy (non-hydrogen) atoms. The minimum Gasteiger partial charge on any atom is -0.429 e. The molecule has 0 bridgehead atoms. The number of nitrogens with one attached hydrogen (secondary N) is 1. The van der Waals surface area contributed by atoms with Gasteiger partial charge in [0.2, 0.25) is 0 Å². The van der Waals surface area contributed by atoms with Crippen LogP contribution < -0.4 is 0 Å². The van der Waals surface area contributed by atoms with Crippen LogP contribution in [0.1, 0.15) is 0 Å². The Hall–Kier alpha value is -1.70. The summed E-state index contributed by atoms with van der Waals surface area (Å²) in [6.07, 6.45) is 0. The van der Waals surface area contributed by atoms with Crippen LogP contribution in [0, 0.1) is 4.84 Å². The molecule has 0 saturated carbocycles. The summed E-state index contributed by atoms with van der Waals surface area (Å²) in [5, 5.41) is 1.04. The molecular formula is C11H7NO4S2. The van der Waals surface area contributed by atoms with Crippen LogP contribution in [0.2, 0.25) is 0 Å². The van der Waals surface area contributed by atoms with Gasteiger partial charge in [0.25, 0.3) is 15.0 Å². The number of H-pyrrole nitrogens is 1. The molecular weight excluding hydrogens is 274 g/mol. The molecule has 0 atom stereocenters. The first-order valence-electron chi connectivity index (χ1n) is 4.99. The number of aromatic nitrogens is 1. The summed E-state index contributed by atoms with van der Waals surface area (Å²) < 4.78 is 37.2. The van der Waals surface area contributed by atoms with Crippen molar-refractivity contribution in [3.05, 3.63) is 35.2 Å². The van der Waals surface area contributed by atoms with Crippen LogP contribution in [0.3, 0.4) is 0 Å². The Bertz CT molecular complexity index is 921. The smallest absolute Gasteiger partial charge is 0.295 e. The Morgan fingerprint density at radius 1 is 1.22 bits per heavy atom. The standard InChI is InChI=1S/C11H7NO4S2/c13-18(14,15)9-5-8-10(12-11(17)16-8)7-4-2-1-3-6(7)9/h1-5H,(H,12,17)(H,13,14,15).